The topological polar surface area (TPSA) is 42.4 Å². The number of aromatic nitrogens is 1. The number of benzene rings is 1. The van der Waals surface area contributed by atoms with Crippen LogP contribution in [0.3, 0.4) is 0 Å². The zero-order chi connectivity index (χ0) is 14.7. The van der Waals surface area contributed by atoms with Crippen LogP contribution in [-0.2, 0) is 4.79 Å². The Labute approximate surface area is 126 Å². The van der Waals surface area contributed by atoms with Gasteiger partial charge in [0.2, 0.25) is 0 Å². The van der Waals surface area contributed by atoms with Crippen LogP contribution in [0.1, 0.15) is 23.9 Å². The molecule has 2 heterocycles. The van der Waals surface area contributed by atoms with Gasteiger partial charge in [0, 0.05) is 18.1 Å². The number of hydrogen-bond donors (Lipinski definition) is 0. The molecule has 2 aromatic rings. The number of nitrogens with zero attached hydrogens (tertiary/aromatic N) is 2. The first-order chi connectivity index (χ1) is 10.2. The predicted octanol–water partition coefficient (Wildman–Crippen LogP) is 3.02. The van der Waals surface area contributed by atoms with Crippen LogP contribution in [0.5, 0.6) is 5.75 Å². The highest BCUT2D eigenvalue weighted by Gasteiger charge is 2.31. The minimum absolute atomic E-state index is 0.0342. The summed E-state index contributed by atoms with van der Waals surface area (Å²) in [6.45, 7) is 0.698. The Hall–Kier alpha value is -1.95. The van der Waals surface area contributed by atoms with Gasteiger partial charge in [-0.25, -0.2) is 9.37 Å². The Morgan fingerprint density at radius 3 is 2.95 bits per heavy atom. The number of amides is 1. The van der Waals surface area contributed by atoms with Crippen molar-refractivity contribution < 1.29 is 13.9 Å². The molecule has 1 aliphatic heterocycles. The highest BCUT2D eigenvalue weighted by Crippen LogP contribution is 2.32. The zero-order valence-electron chi connectivity index (χ0n) is 11.4. The van der Waals surface area contributed by atoms with Crippen LogP contribution in [0.2, 0.25) is 0 Å². The van der Waals surface area contributed by atoms with Crippen LogP contribution in [0.4, 0.5) is 4.39 Å². The molecule has 6 heteroatoms. The Balaban J connectivity index is 1.61. The average molecular weight is 306 g/mol. The van der Waals surface area contributed by atoms with Crippen molar-refractivity contribution in [1.29, 1.82) is 0 Å². The van der Waals surface area contributed by atoms with Gasteiger partial charge in [0.15, 0.2) is 6.61 Å². The molecule has 1 fully saturated rings. The van der Waals surface area contributed by atoms with E-state index in [2.05, 4.69) is 4.98 Å². The highest BCUT2D eigenvalue weighted by molar-refractivity contribution is 7.09. The minimum atomic E-state index is -0.322. The summed E-state index contributed by atoms with van der Waals surface area (Å²) in [5.74, 6) is 0.115. The van der Waals surface area contributed by atoms with Crippen molar-refractivity contribution in [2.24, 2.45) is 0 Å². The molecule has 1 amide bonds. The first-order valence-corrected chi connectivity index (χ1v) is 7.69. The molecule has 21 heavy (non-hydrogen) atoms. The summed E-state index contributed by atoms with van der Waals surface area (Å²) in [6.07, 6.45) is 3.68. The number of hydrogen-bond acceptors (Lipinski definition) is 4. The second-order valence-corrected chi connectivity index (χ2v) is 5.78. The van der Waals surface area contributed by atoms with Gasteiger partial charge < -0.3 is 9.64 Å². The van der Waals surface area contributed by atoms with E-state index in [0.717, 1.165) is 24.4 Å². The molecule has 4 nitrogen and oxygen atoms in total. The van der Waals surface area contributed by atoms with E-state index in [1.165, 1.54) is 24.3 Å². The van der Waals surface area contributed by atoms with Crippen molar-refractivity contribution in [2.45, 2.75) is 18.9 Å². The quantitative estimate of drug-likeness (QED) is 0.872. The lowest BCUT2D eigenvalue weighted by molar-refractivity contribution is -0.134. The fourth-order valence-electron chi connectivity index (χ4n) is 2.48. The van der Waals surface area contributed by atoms with Crippen molar-refractivity contribution >= 4 is 17.2 Å². The van der Waals surface area contributed by atoms with E-state index in [1.807, 2.05) is 10.3 Å². The summed E-state index contributed by atoms with van der Waals surface area (Å²) in [7, 11) is 0. The molecule has 0 radical (unpaired) electrons. The highest BCUT2D eigenvalue weighted by atomic mass is 32.1. The van der Waals surface area contributed by atoms with Crippen molar-refractivity contribution in [2.75, 3.05) is 13.2 Å². The molecule has 0 bridgehead atoms. The van der Waals surface area contributed by atoms with Crippen molar-refractivity contribution in [3.8, 4) is 5.75 Å². The molecule has 1 aromatic heterocycles. The van der Waals surface area contributed by atoms with Crippen LogP contribution in [0, 0.1) is 5.82 Å². The number of halogens is 1. The normalized spacial score (nSPS) is 18.0. The molecular weight excluding hydrogens is 291 g/mol. The molecule has 1 unspecified atom stereocenters. The van der Waals surface area contributed by atoms with Gasteiger partial charge in [-0.15, -0.1) is 11.3 Å². The molecular formula is C15H15FN2O2S. The van der Waals surface area contributed by atoms with Gasteiger partial charge in [-0.1, -0.05) is 0 Å². The number of rotatable bonds is 4. The summed E-state index contributed by atoms with van der Waals surface area (Å²) in [5.41, 5.74) is 0. The van der Waals surface area contributed by atoms with Crippen LogP contribution in [-0.4, -0.2) is 28.9 Å². The van der Waals surface area contributed by atoms with Gasteiger partial charge in [-0.2, -0.15) is 0 Å². The predicted molar refractivity (Wildman–Crippen MR) is 77.7 cm³/mol. The lowest BCUT2D eigenvalue weighted by Gasteiger charge is -2.23. The smallest absolute Gasteiger partial charge is 0.261 e. The first-order valence-electron chi connectivity index (χ1n) is 6.81. The molecule has 3 rings (SSSR count). The molecule has 1 aromatic carbocycles. The second kappa shape index (κ2) is 6.22. The zero-order valence-corrected chi connectivity index (χ0v) is 12.2. The van der Waals surface area contributed by atoms with Crippen LogP contribution >= 0.6 is 11.3 Å². The molecule has 0 spiro atoms. The molecule has 1 atom stereocenters. The van der Waals surface area contributed by atoms with Gasteiger partial charge >= 0.3 is 0 Å². The third-order valence-electron chi connectivity index (χ3n) is 3.49. The van der Waals surface area contributed by atoms with E-state index >= 15 is 0 Å². The van der Waals surface area contributed by atoms with Crippen molar-refractivity contribution in [3.63, 3.8) is 0 Å². The number of thiazole rings is 1. The third kappa shape index (κ3) is 3.21. The standard InChI is InChI=1S/C15H15FN2O2S/c16-11-3-5-12(6-4-11)20-10-14(19)18-8-1-2-13(18)15-17-7-9-21-15/h3-7,9,13H,1-2,8,10H2. The van der Waals surface area contributed by atoms with Gasteiger partial charge in [0.25, 0.3) is 5.91 Å². The van der Waals surface area contributed by atoms with Crippen LogP contribution in [0.25, 0.3) is 0 Å². The SMILES string of the molecule is O=C(COc1ccc(F)cc1)N1CCCC1c1nccs1. The maximum absolute atomic E-state index is 12.8. The van der Waals surface area contributed by atoms with E-state index in [4.69, 9.17) is 4.74 Å². The summed E-state index contributed by atoms with van der Waals surface area (Å²) in [5, 5.41) is 2.90. The fraction of sp³-hybridized carbons (Fsp3) is 0.333. The van der Waals surface area contributed by atoms with E-state index in [0.29, 0.717) is 5.75 Å². The Bertz CT molecular complexity index is 601. The molecule has 110 valence electrons. The third-order valence-corrected chi connectivity index (χ3v) is 4.36. The minimum Gasteiger partial charge on any atom is -0.484 e. The number of ether oxygens (including phenoxy) is 1. The average Bonchev–Trinajstić information content (AvgIpc) is 3.16. The van der Waals surface area contributed by atoms with Crippen LogP contribution in [0.15, 0.2) is 35.8 Å². The molecule has 1 saturated heterocycles. The number of likely N-dealkylation sites (tertiary alicyclic amines) is 1. The lowest BCUT2D eigenvalue weighted by Crippen LogP contribution is -2.34. The van der Waals surface area contributed by atoms with E-state index in [9.17, 15) is 9.18 Å². The van der Waals surface area contributed by atoms with Crippen molar-refractivity contribution in [3.05, 3.63) is 46.7 Å². The maximum Gasteiger partial charge on any atom is 0.261 e. The maximum atomic E-state index is 12.8. The van der Waals surface area contributed by atoms with E-state index in [-0.39, 0.29) is 24.4 Å². The van der Waals surface area contributed by atoms with Crippen LogP contribution < -0.4 is 4.74 Å². The fourth-order valence-corrected chi connectivity index (χ4v) is 3.26. The number of carbonyl (C=O) groups excluding carboxylic acids is 1. The summed E-state index contributed by atoms with van der Waals surface area (Å²) >= 11 is 1.57. The van der Waals surface area contributed by atoms with Gasteiger partial charge in [0.1, 0.15) is 16.6 Å². The number of carbonyl (C=O) groups is 1. The largest absolute Gasteiger partial charge is 0.484 e. The van der Waals surface area contributed by atoms with Gasteiger partial charge in [0.05, 0.1) is 6.04 Å². The molecule has 1 aliphatic rings. The monoisotopic (exact) mass is 306 g/mol. The van der Waals surface area contributed by atoms with E-state index < -0.39 is 0 Å². The van der Waals surface area contributed by atoms with Gasteiger partial charge in [-0.05, 0) is 37.1 Å². The Morgan fingerprint density at radius 1 is 1.43 bits per heavy atom. The Kier molecular flexibility index (Phi) is 4.15. The van der Waals surface area contributed by atoms with Gasteiger partial charge in [-0.3, -0.25) is 4.79 Å². The Morgan fingerprint density at radius 2 is 2.24 bits per heavy atom. The summed E-state index contributed by atoms with van der Waals surface area (Å²) in [6, 6.07) is 5.73. The van der Waals surface area contributed by atoms with E-state index in [1.54, 1.807) is 17.5 Å². The van der Waals surface area contributed by atoms with Crippen molar-refractivity contribution in [1.82, 2.24) is 9.88 Å². The lowest BCUT2D eigenvalue weighted by atomic mass is 10.2. The first kappa shape index (κ1) is 14.0. The summed E-state index contributed by atoms with van der Waals surface area (Å²) < 4.78 is 18.2. The summed E-state index contributed by atoms with van der Waals surface area (Å²) in [4.78, 5) is 18.4. The molecule has 0 aliphatic carbocycles. The second-order valence-electron chi connectivity index (χ2n) is 4.86. The molecule has 0 N–H and O–H groups in total. The molecule has 0 saturated carbocycles.